The molecule has 6 nitrogen and oxygen atoms in total. The molecule has 2 aromatic rings. The first kappa shape index (κ1) is 22.8. The van der Waals surface area contributed by atoms with E-state index in [1.165, 1.54) is 0 Å². The van der Waals surface area contributed by atoms with Crippen molar-refractivity contribution in [1.29, 1.82) is 0 Å². The number of carbonyl (C=O) groups is 1. The summed E-state index contributed by atoms with van der Waals surface area (Å²) in [5, 5.41) is 2.55. The van der Waals surface area contributed by atoms with E-state index in [2.05, 4.69) is 15.2 Å². The van der Waals surface area contributed by atoms with Gasteiger partial charge in [-0.15, -0.1) is 0 Å². The Kier molecular flexibility index (Phi) is 5.81. The highest BCUT2D eigenvalue weighted by Gasteiger charge is 2.93. The van der Waals surface area contributed by atoms with Crippen molar-refractivity contribution in [2.45, 2.75) is 37.7 Å². The molecule has 0 radical (unpaired) electrons. The van der Waals surface area contributed by atoms with E-state index in [0.29, 0.717) is 18.7 Å². The number of halogens is 3. The Balaban J connectivity index is 1.09. The van der Waals surface area contributed by atoms with Crippen LogP contribution in [0.4, 0.5) is 19.0 Å². The number of ether oxygens (including phenoxy) is 2. The van der Waals surface area contributed by atoms with Gasteiger partial charge in [0.25, 0.3) is 5.92 Å². The Labute approximate surface area is 196 Å². The smallest absolute Gasteiger partial charge is 0.261 e. The number of nitrogens with zero attached hydrogens (tertiary/aromatic N) is 2. The van der Waals surface area contributed by atoms with Gasteiger partial charge in [0.2, 0.25) is 5.91 Å². The number of rotatable bonds is 10. The van der Waals surface area contributed by atoms with E-state index < -0.39 is 23.9 Å². The maximum atomic E-state index is 13.4. The molecule has 5 rings (SSSR count). The quantitative estimate of drug-likeness (QED) is 0.564. The molecule has 3 unspecified atom stereocenters. The first-order valence-electron chi connectivity index (χ1n) is 11.7. The molecule has 1 amide bonds. The molecule has 182 valence electrons. The lowest BCUT2D eigenvalue weighted by Gasteiger charge is -2.19. The lowest BCUT2D eigenvalue weighted by atomic mass is 10.0. The lowest BCUT2D eigenvalue weighted by molar-refractivity contribution is -0.122. The number of alkyl halides is 3. The van der Waals surface area contributed by atoms with Crippen molar-refractivity contribution < 1.29 is 27.4 Å². The summed E-state index contributed by atoms with van der Waals surface area (Å²) in [6, 6.07) is 11.0. The number of fused-ring (bicyclic) bond motifs is 1. The Morgan fingerprint density at radius 2 is 1.97 bits per heavy atom. The predicted molar refractivity (Wildman–Crippen MR) is 120 cm³/mol. The lowest BCUT2D eigenvalue weighted by Crippen LogP contribution is -2.29. The fraction of sp³-hybridized carbons (Fsp3) is 0.520. The van der Waals surface area contributed by atoms with Gasteiger partial charge < -0.3 is 19.7 Å². The highest BCUT2D eigenvalue weighted by Crippen LogP contribution is 2.84. The van der Waals surface area contributed by atoms with Gasteiger partial charge in [0, 0.05) is 25.4 Å². The predicted octanol–water partition coefficient (Wildman–Crippen LogP) is 3.96. The third kappa shape index (κ3) is 4.16. The van der Waals surface area contributed by atoms with Gasteiger partial charge >= 0.3 is 0 Å². The van der Waals surface area contributed by atoms with Gasteiger partial charge in [-0.05, 0) is 43.2 Å². The minimum absolute atomic E-state index is 0.00292. The van der Waals surface area contributed by atoms with E-state index in [0.717, 1.165) is 30.1 Å². The van der Waals surface area contributed by atoms with Crippen molar-refractivity contribution in [3.63, 3.8) is 0 Å². The summed E-state index contributed by atoms with van der Waals surface area (Å²) in [7, 11) is 0. The molecule has 1 saturated heterocycles. The maximum absolute atomic E-state index is 13.4. The average Bonchev–Trinajstić information content (AvgIpc) is 3.63. The van der Waals surface area contributed by atoms with Gasteiger partial charge in [-0.1, -0.05) is 12.1 Å². The van der Waals surface area contributed by atoms with Crippen molar-refractivity contribution >= 4 is 11.7 Å². The number of benzene rings is 1. The molecule has 1 aliphatic heterocycles. The number of aromatic nitrogens is 1. The first-order chi connectivity index (χ1) is 16.3. The molecule has 3 aliphatic rings. The molecule has 0 bridgehead atoms. The summed E-state index contributed by atoms with van der Waals surface area (Å²) >= 11 is 0. The molecule has 34 heavy (non-hydrogen) atoms. The molecule has 3 fully saturated rings. The van der Waals surface area contributed by atoms with Crippen molar-refractivity contribution in [2.24, 2.45) is 11.3 Å². The second kappa shape index (κ2) is 8.67. The molecular formula is C25H28F3N3O3. The monoisotopic (exact) mass is 475 g/mol. The molecule has 9 heteroatoms. The Hall–Kier alpha value is -2.97. The number of anilines is 1. The highest BCUT2D eigenvalue weighted by molar-refractivity contribution is 5.83. The summed E-state index contributed by atoms with van der Waals surface area (Å²) in [6.07, 6.45) is 2.97. The molecule has 1 N–H and O–H groups in total. The average molecular weight is 476 g/mol. The molecular weight excluding hydrogens is 447 g/mol. The molecule has 0 spiro atoms. The molecule has 2 heterocycles. The molecule has 2 aliphatic carbocycles. The van der Waals surface area contributed by atoms with Crippen LogP contribution in [0.1, 0.15) is 31.2 Å². The van der Waals surface area contributed by atoms with E-state index >= 15 is 0 Å². The molecule has 1 aromatic heterocycles. The summed E-state index contributed by atoms with van der Waals surface area (Å²) in [4.78, 5) is 18.6. The molecule has 2 saturated carbocycles. The van der Waals surface area contributed by atoms with Crippen molar-refractivity contribution in [2.75, 3.05) is 37.8 Å². The van der Waals surface area contributed by atoms with Crippen LogP contribution >= 0.6 is 0 Å². The van der Waals surface area contributed by atoms with E-state index in [9.17, 15) is 18.0 Å². The number of amides is 1. The van der Waals surface area contributed by atoms with Gasteiger partial charge in [-0.2, -0.15) is 0 Å². The Morgan fingerprint density at radius 1 is 1.24 bits per heavy atom. The van der Waals surface area contributed by atoms with Crippen LogP contribution in [0.25, 0.3) is 0 Å². The summed E-state index contributed by atoms with van der Waals surface area (Å²) in [5.41, 5.74) is -0.0751. The molecule has 4 atom stereocenters. The van der Waals surface area contributed by atoms with Crippen LogP contribution in [0.3, 0.4) is 0 Å². The van der Waals surface area contributed by atoms with E-state index in [1.807, 2.05) is 30.3 Å². The van der Waals surface area contributed by atoms with Crippen molar-refractivity contribution in [1.82, 2.24) is 10.3 Å². The number of hydrogen-bond donors (Lipinski definition) is 1. The van der Waals surface area contributed by atoms with Crippen LogP contribution in [0.5, 0.6) is 11.5 Å². The zero-order valence-corrected chi connectivity index (χ0v) is 19.0. The van der Waals surface area contributed by atoms with E-state index in [-0.39, 0.29) is 31.1 Å². The fourth-order valence-corrected chi connectivity index (χ4v) is 4.68. The standard InChI is InChI=1S/C25H28F3N3O3/c1-16(23(32)29-10-9-26)17-2-4-18(5-3-17)34-20-8-11-31(14-20)22-7-6-19(13-30-22)33-15-24-12-21(24)25(24,27)28/h2-7,13,16,20-21H,8-12,14-15H2,1H3,(H,29,32)/t16?,20-,21?,24?/m1/s1. The van der Waals surface area contributed by atoms with Gasteiger partial charge in [-0.3, -0.25) is 4.79 Å². The van der Waals surface area contributed by atoms with Gasteiger partial charge in [0.1, 0.15) is 36.7 Å². The van der Waals surface area contributed by atoms with Crippen LogP contribution in [-0.2, 0) is 4.79 Å². The largest absolute Gasteiger partial charge is 0.491 e. The van der Waals surface area contributed by atoms with Crippen molar-refractivity contribution in [3.05, 3.63) is 48.2 Å². The van der Waals surface area contributed by atoms with Crippen LogP contribution in [0.2, 0.25) is 0 Å². The maximum Gasteiger partial charge on any atom is 0.261 e. The van der Waals surface area contributed by atoms with Crippen LogP contribution in [0.15, 0.2) is 42.6 Å². The van der Waals surface area contributed by atoms with Crippen molar-refractivity contribution in [3.8, 4) is 11.5 Å². The topological polar surface area (TPSA) is 63.7 Å². The van der Waals surface area contributed by atoms with Crippen LogP contribution < -0.4 is 19.7 Å². The minimum Gasteiger partial charge on any atom is -0.491 e. The SMILES string of the molecule is CC(C(=O)NCCF)c1ccc(O[C@@H]2CCN(c3ccc(OCC45CC4C5(F)F)cn3)C2)cc1. The fourth-order valence-electron chi connectivity index (χ4n) is 4.68. The van der Waals surface area contributed by atoms with Gasteiger partial charge in [0.05, 0.1) is 24.1 Å². The third-order valence-corrected chi connectivity index (χ3v) is 7.25. The number of nitrogens with one attached hydrogen (secondary N) is 1. The number of hydrogen-bond acceptors (Lipinski definition) is 5. The number of pyridine rings is 1. The van der Waals surface area contributed by atoms with E-state index in [4.69, 9.17) is 9.47 Å². The zero-order chi connectivity index (χ0) is 23.9. The highest BCUT2D eigenvalue weighted by atomic mass is 19.3. The minimum atomic E-state index is -2.55. The summed E-state index contributed by atoms with van der Waals surface area (Å²) in [5.74, 6) is -1.59. The second-order valence-corrected chi connectivity index (χ2v) is 9.42. The number of carbonyl (C=O) groups excluding carboxylic acids is 1. The Bertz CT molecular complexity index is 1030. The molecule has 1 aromatic carbocycles. The normalized spacial score (nSPS) is 27.0. The second-order valence-electron chi connectivity index (χ2n) is 9.42. The third-order valence-electron chi connectivity index (χ3n) is 7.25. The zero-order valence-electron chi connectivity index (χ0n) is 19.0. The van der Waals surface area contributed by atoms with Gasteiger partial charge in [-0.25, -0.2) is 18.2 Å². The van der Waals surface area contributed by atoms with E-state index in [1.54, 1.807) is 19.2 Å². The van der Waals surface area contributed by atoms with Crippen LogP contribution in [-0.4, -0.2) is 55.8 Å². The summed E-state index contributed by atoms with van der Waals surface area (Å²) < 4.78 is 50.7. The summed E-state index contributed by atoms with van der Waals surface area (Å²) in [6.45, 7) is 2.73. The Morgan fingerprint density at radius 3 is 2.59 bits per heavy atom. The van der Waals surface area contributed by atoms with Gasteiger partial charge in [0.15, 0.2) is 0 Å². The first-order valence-corrected chi connectivity index (χ1v) is 11.7. The van der Waals surface area contributed by atoms with Crippen LogP contribution in [0, 0.1) is 11.3 Å².